The lowest BCUT2D eigenvalue weighted by Gasteiger charge is -2.37. The van der Waals surface area contributed by atoms with Crippen molar-refractivity contribution in [2.75, 3.05) is 58.3 Å². The third-order valence-electron chi connectivity index (χ3n) is 6.75. The Morgan fingerprint density at radius 3 is 2.60 bits per heavy atom. The van der Waals surface area contributed by atoms with Crippen molar-refractivity contribution in [2.45, 2.75) is 44.6 Å². The van der Waals surface area contributed by atoms with E-state index in [9.17, 15) is 8.42 Å². The summed E-state index contributed by atoms with van der Waals surface area (Å²) in [6.07, 6.45) is 8.20. The summed E-state index contributed by atoms with van der Waals surface area (Å²) in [6.45, 7) is 6.00. The maximum atomic E-state index is 12.0. The number of rotatable bonds is 7. The Labute approximate surface area is 180 Å². The second-order valence-electron chi connectivity index (χ2n) is 8.96. The Bertz CT molecular complexity index is 816. The van der Waals surface area contributed by atoms with E-state index in [1.54, 1.807) is 14.1 Å². The minimum absolute atomic E-state index is 0.0829. The number of nitrogens with zero attached hydrogens (tertiary/aromatic N) is 4. The van der Waals surface area contributed by atoms with Crippen LogP contribution in [0.5, 0.6) is 5.75 Å². The van der Waals surface area contributed by atoms with Crippen molar-refractivity contribution in [3.8, 4) is 5.75 Å². The average Bonchev–Trinajstić information content (AvgIpc) is 3.22. The van der Waals surface area contributed by atoms with Crippen molar-refractivity contribution < 1.29 is 13.2 Å². The summed E-state index contributed by atoms with van der Waals surface area (Å²) in [5.74, 6) is 2.71. The number of fused-ring (bicyclic) bond motifs is 1. The van der Waals surface area contributed by atoms with E-state index < -0.39 is 10.2 Å². The molecule has 1 aliphatic carbocycles. The van der Waals surface area contributed by atoms with Gasteiger partial charge >= 0.3 is 0 Å². The van der Waals surface area contributed by atoms with Crippen molar-refractivity contribution in [3.05, 3.63) is 17.8 Å². The summed E-state index contributed by atoms with van der Waals surface area (Å²) >= 11 is 0. The number of aromatic nitrogens is 1. The molecule has 1 N–H and O–H groups in total. The predicted octanol–water partition coefficient (Wildman–Crippen LogP) is 1.48. The molecule has 0 spiro atoms. The molecule has 1 saturated heterocycles. The summed E-state index contributed by atoms with van der Waals surface area (Å²) < 4.78 is 33.9. The Morgan fingerprint density at radius 1 is 1.17 bits per heavy atom. The van der Waals surface area contributed by atoms with Gasteiger partial charge in [-0.3, -0.25) is 4.90 Å². The summed E-state index contributed by atoms with van der Waals surface area (Å²) in [5, 5.41) is 0. The Kier molecular flexibility index (Phi) is 6.81. The van der Waals surface area contributed by atoms with Gasteiger partial charge in [0.25, 0.3) is 10.2 Å². The molecule has 2 aliphatic heterocycles. The lowest BCUT2D eigenvalue weighted by molar-refractivity contribution is 0.213. The minimum atomic E-state index is -3.32. The zero-order valence-corrected chi connectivity index (χ0v) is 19.0. The molecular formula is C21H35N5O3S. The molecule has 0 atom stereocenters. The molecule has 3 heterocycles. The molecule has 9 heteroatoms. The zero-order chi connectivity index (χ0) is 21.1. The first-order valence-electron chi connectivity index (χ1n) is 11.2. The monoisotopic (exact) mass is 437 g/mol. The van der Waals surface area contributed by atoms with Crippen LogP contribution >= 0.6 is 0 Å². The molecule has 0 amide bonds. The molecular weight excluding hydrogens is 402 g/mol. The van der Waals surface area contributed by atoms with E-state index in [4.69, 9.17) is 4.74 Å². The number of ether oxygens (including phenoxy) is 1. The fraction of sp³-hybridized carbons (Fsp3) is 0.762. The molecule has 4 rings (SSSR count). The van der Waals surface area contributed by atoms with Gasteiger partial charge in [0.15, 0.2) is 11.6 Å². The minimum Gasteiger partial charge on any atom is -0.489 e. The van der Waals surface area contributed by atoms with E-state index >= 15 is 0 Å². The van der Waals surface area contributed by atoms with Gasteiger partial charge in [0.05, 0.1) is 6.61 Å². The van der Waals surface area contributed by atoms with E-state index in [2.05, 4.69) is 25.6 Å². The van der Waals surface area contributed by atoms with E-state index in [-0.39, 0.29) is 6.04 Å². The van der Waals surface area contributed by atoms with Crippen LogP contribution in [-0.2, 0) is 16.6 Å². The number of hydrogen-bond acceptors (Lipinski definition) is 6. The third kappa shape index (κ3) is 5.07. The first kappa shape index (κ1) is 21.8. The molecule has 168 valence electrons. The SMILES string of the molecule is CN(C)S(=O)(=O)N[C@H]1CC[C@H](CCN2CCN(c3nccc4c3OCC4)CC2)CC1. The van der Waals surface area contributed by atoms with Gasteiger partial charge < -0.3 is 9.64 Å². The highest BCUT2D eigenvalue weighted by Crippen LogP contribution is 2.34. The van der Waals surface area contributed by atoms with Gasteiger partial charge in [-0.1, -0.05) is 0 Å². The van der Waals surface area contributed by atoms with Gasteiger partial charge in [0.2, 0.25) is 0 Å². The van der Waals surface area contributed by atoms with E-state index in [1.807, 2.05) is 6.20 Å². The largest absolute Gasteiger partial charge is 0.489 e. The van der Waals surface area contributed by atoms with E-state index in [0.29, 0.717) is 5.92 Å². The van der Waals surface area contributed by atoms with Crippen LogP contribution in [0.15, 0.2) is 12.3 Å². The van der Waals surface area contributed by atoms with Gasteiger partial charge in [-0.15, -0.1) is 0 Å². The number of pyridine rings is 1. The van der Waals surface area contributed by atoms with E-state index in [1.165, 1.54) is 16.3 Å². The van der Waals surface area contributed by atoms with Gasteiger partial charge in [0, 0.05) is 64.5 Å². The first-order chi connectivity index (χ1) is 14.4. The van der Waals surface area contributed by atoms with Crippen LogP contribution < -0.4 is 14.4 Å². The molecule has 1 saturated carbocycles. The maximum Gasteiger partial charge on any atom is 0.279 e. The number of anilines is 1. The van der Waals surface area contributed by atoms with Gasteiger partial charge in [-0.05, 0) is 50.6 Å². The summed E-state index contributed by atoms with van der Waals surface area (Å²) in [6, 6.07) is 2.15. The lowest BCUT2D eigenvalue weighted by atomic mass is 9.84. The Hall–Kier alpha value is -1.42. The predicted molar refractivity (Wildman–Crippen MR) is 118 cm³/mol. The molecule has 0 unspecified atom stereocenters. The lowest BCUT2D eigenvalue weighted by Crippen LogP contribution is -2.47. The van der Waals surface area contributed by atoms with Crippen LogP contribution in [0.2, 0.25) is 0 Å². The summed E-state index contributed by atoms with van der Waals surface area (Å²) in [4.78, 5) is 9.51. The van der Waals surface area contributed by atoms with Crippen molar-refractivity contribution in [1.29, 1.82) is 0 Å². The fourth-order valence-corrected chi connectivity index (χ4v) is 5.62. The molecule has 30 heavy (non-hydrogen) atoms. The third-order valence-corrected chi connectivity index (χ3v) is 8.35. The second kappa shape index (κ2) is 9.38. The smallest absolute Gasteiger partial charge is 0.279 e. The summed E-state index contributed by atoms with van der Waals surface area (Å²) in [7, 11) is -0.178. The van der Waals surface area contributed by atoms with Gasteiger partial charge in [-0.2, -0.15) is 17.4 Å². The molecule has 0 aromatic carbocycles. The van der Waals surface area contributed by atoms with Crippen molar-refractivity contribution in [2.24, 2.45) is 5.92 Å². The quantitative estimate of drug-likeness (QED) is 0.696. The topological polar surface area (TPSA) is 78.0 Å². The number of hydrogen-bond donors (Lipinski definition) is 1. The van der Waals surface area contributed by atoms with Crippen molar-refractivity contribution in [1.82, 2.24) is 18.9 Å². The van der Waals surface area contributed by atoms with Crippen molar-refractivity contribution in [3.63, 3.8) is 0 Å². The second-order valence-corrected chi connectivity index (χ2v) is 10.9. The highest BCUT2D eigenvalue weighted by atomic mass is 32.2. The fourth-order valence-electron chi connectivity index (χ4n) is 4.75. The molecule has 8 nitrogen and oxygen atoms in total. The molecule has 3 aliphatic rings. The van der Waals surface area contributed by atoms with Crippen LogP contribution in [0.3, 0.4) is 0 Å². The number of piperazine rings is 1. The first-order valence-corrected chi connectivity index (χ1v) is 12.6. The van der Waals surface area contributed by atoms with Crippen molar-refractivity contribution >= 4 is 16.0 Å². The number of nitrogens with one attached hydrogen (secondary N) is 1. The molecule has 1 aromatic heterocycles. The van der Waals surface area contributed by atoms with Crippen LogP contribution in [0.4, 0.5) is 5.82 Å². The van der Waals surface area contributed by atoms with Crippen LogP contribution in [-0.4, -0.2) is 82.1 Å². The highest BCUT2D eigenvalue weighted by molar-refractivity contribution is 7.87. The van der Waals surface area contributed by atoms with Crippen LogP contribution in [0, 0.1) is 5.92 Å². The molecule has 0 radical (unpaired) electrons. The van der Waals surface area contributed by atoms with Crippen LogP contribution in [0.25, 0.3) is 0 Å². The highest BCUT2D eigenvalue weighted by Gasteiger charge is 2.28. The van der Waals surface area contributed by atoms with E-state index in [0.717, 1.165) is 83.0 Å². The average molecular weight is 438 g/mol. The normalized spacial score (nSPS) is 25.4. The van der Waals surface area contributed by atoms with Crippen LogP contribution in [0.1, 0.15) is 37.7 Å². The summed E-state index contributed by atoms with van der Waals surface area (Å²) in [5.41, 5.74) is 1.28. The molecule has 2 fully saturated rings. The molecule has 1 aromatic rings. The Balaban J connectivity index is 1.18. The molecule has 0 bridgehead atoms. The zero-order valence-electron chi connectivity index (χ0n) is 18.2. The van der Waals surface area contributed by atoms with Gasteiger partial charge in [0.1, 0.15) is 0 Å². The standard InChI is InChI=1S/C21H35N5O3S/c1-24(2)30(27,28)23-19-5-3-17(4-6-19)8-11-25-12-14-26(15-13-25)21-20-18(7-10-22-21)9-16-29-20/h7,10,17,19,23H,3-6,8-9,11-16H2,1-2H3/t17-,19-. The maximum absolute atomic E-state index is 12.0. The Morgan fingerprint density at radius 2 is 1.90 bits per heavy atom. The van der Waals surface area contributed by atoms with Gasteiger partial charge in [-0.25, -0.2) is 4.98 Å².